The molecule has 4 heteroatoms. The Bertz CT molecular complexity index is 815. The molecule has 3 rings (SSSR count). The molecule has 0 aliphatic heterocycles. The summed E-state index contributed by atoms with van der Waals surface area (Å²) >= 11 is 0. The number of halogens is 1. The van der Waals surface area contributed by atoms with Crippen LogP contribution in [-0.4, -0.2) is 11.6 Å². The van der Waals surface area contributed by atoms with Crippen LogP contribution in [0.1, 0.15) is 26.3 Å². The lowest BCUT2D eigenvalue weighted by molar-refractivity contribution is -0.683. The van der Waals surface area contributed by atoms with E-state index >= 15 is 0 Å². The first-order chi connectivity index (χ1) is 11.2. The average Bonchev–Trinajstić information content (AvgIpc) is 2.63. The molecule has 2 aromatic carbocycles. The quantitative estimate of drug-likeness (QED) is 0.489. The van der Waals surface area contributed by atoms with Crippen LogP contribution in [0.5, 0.6) is 0 Å². The molecule has 1 aromatic heterocycles. The lowest BCUT2D eigenvalue weighted by atomic mass is 10.0. The van der Waals surface area contributed by atoms with Gasteiger partial charge < -0.3 is 12.4 Å². The van der Waals surface area contributed by atoms with Crippen LogP contribution in [0.25, 0.3) is 0 Å². The van der Waals surface area contributed by atoms with Crippen molar-refractivity contribution in [2.75, 3.05) is 0 Å². The molecular formula is C20H16ClNO2. The molecule has 0 radical (unpaired) electrons. The lowest BCUT2D eigenvalue weighted by Gasteiger charge is -2.01. The van der Waals surface area contributed by atoms with Gasteiger partial charge in [0, 0.05) is 28.8 Å². The highest BCUT2D eigenvalue weighted by Gasteiger charge is 2.14. The molecule has 0 saturated heterocycles. The number of hydrogen-bond acceptors (Lipinski definition) is 2. The second-order valence-electron chi connectivity index (χ2n) is 5.24. The van der Waals surface area contributed by atoms with Crippen LogP contribution in [0.2, 0.25) is 0 Å². The summed E-state index contributed by atoms with van der Waals surface area (Å²) in [4.78, 5) is 24.5. The fraction of sp³-hybridized carbons (Fsp3) is 0.0500. The zero-order chi connectivity index (χ0) is 16.1. The summed E-state index contributed by atoms with van der Waals surface area (Å²) in [6.07, 6.45) is 3.52. The highest BCUT2D eigenvalue weighted by molar-refractivity contribution is 6.08. The number of hydrogen-bond donors (Lipinski definition) is 0. The van der Waals surface area contributed by atoms with Gasteiger partial charge >= 0.3 is 0 Å². The van der Waals surface area contributed by atoms with Crippen molar-refractivity contribution in [3.05, 3.63) is 102 Å². The van der Waals surface area contributed by atoms with Crippen molar-refractivity contribution in [1.82, 2.24) is 0 Å². The van der Waals surface area contributed by atoms with Crippen molar-refractivity contribution in [2.24, 2.45) is 0 Å². The number of aromatic nitrogens is 1. The number of ketones is 2. The minimum atomic E-state index is -0.0212. The molecule has 0 N–H and O–H groups in total. The monoisotopic (exact) mass is 337 g/mol. The SMILES string of the molecule is O=C(C[n+]1ccc(C(=O)c2ccccc2)cc1)c1ccccc1.[Cl-]. The third-order valence-electron chi connectivity index (χ3n) is 3.61. The number of carbonyl (C=O) groups is 2. The minimum Gasteiger partial charge on any atom is -1.00 e. The van der Waals surface area contributed by atoms with Crippen molar-refractivity contribution in [3.63, 3.8) is 0 Å². The van der Waals surface area contributed by atoms with Crippen molar-refractivity contribution < 1.29 is 26.6 Å². The lowest BCUT2D eigenvalue weighted by Crippen LogP contribution is -3.00. The van der Waals surface area contributed by atoms with Crippen LogP contribution in [0, 0.1) is 0 Å². The Balaban J connectivity index is 0.00000208. The first kappa shape index (κ1) is 17.6. The third kappa shape index (κ3) is 4.15. The number of pyridine rings is 1. The Labute approximate surface area is 147 Å². The summed E-state index contributed by atoms with van der Waals surface area (Å²) in [5.74, 6) is 0.0184. The Hall–Kier alpha value is -2.78. The Kier molecular flexibility index (Phi) is 5.99. The number of nitrogens with zero attached hydrogens (tertiary/aromatic N) is 1. The van der Waals surface area contributed by atoms with Crippen molar-refractivity contribution in [2.45, 2.75) is 6.54 Å². The summed E-state index contributed by atoms with van der Waals surface area (Å²) in [6, 6.07) is 21.8. The van der Waals surface area contributed by atoms with Gasteiger partial charge in [-0.15, -0.1) is 0 Å². The van der Waals surface area contributed by atoms with Crippen LogP contribution in [0.3, 0.4) is 0 Å². The predicted octanol–water partition coefficient (Wildman–Crippen LogP) is 0.0920. The summed E-state index contributed by atoms with van der Waals surface area (Å²) in [5.41, 5.74) is 1.95. The molecule has 0 saturated carbocycles. The van der Waals surface area contributed by atoms with Gasteiger partial charge in [-0.2, -0.15) is 4.57 Å². The van der Waals surface area contributed by atoms with Gasteiger partial charge in [0.2, 0.25) is 12.3 Å². The van der Waals surface area contributed by atoms with Crippen LogP contribution < -0.4 is 17.0 Å². The van der Waals surface area contributed by atoms with E-state index in [1.54, 1.807) is 53.4 Å². The molecule has 0 spiro atoms. The summed E-state index contributed by atoms with van der Waals surface area (Å²) < 4.78 is 1.77. The molecule has 120 valence electrons. The molecule has 0 aliphatic rings. The fourth-order valence-electron chi connectivity index (χ4n) is 2.35. The van der Waals surface area contributed by atoms with E-state index in [4.69, 9.17) is 0 Å². The van der Waals surface area contributed by atoms with E-state index in [0.717, 1.165) is 0 Å². The minimum absolute atomic E-state index is 0. The van der Waals surface area contributed by atoms with E-state index < -0.39 is 0 Å². The van der Waals surface area contributed by atoms with Crippen LogP contribution in [-0.2, 0) is 6.54 Å². The van der Waals surface area contributed by atoms with E-state index in [2.05, 4.69) is 0 Å². The van der Waals surface area contributed by atoms with E-state index in [9.17, 15) is 9.59 Å². The number of rotatable bonds is 5. The third-order valence-corrected chi connectivity index (χ3v) is 3.61. The van der Waals surface area contributed by atoms with Gasteiger partial charge in [-0.25, -0.2) is 0 Å². The summed E-state index contributed by atoms with van der Waals surface area (Å²) in [7, 11) is 0. The molecule has 0 bridgehead atoms. The molecule has 3 nitrogen and oxygen atoms in total. The Morgan fingerprint density at radius 1 is 0.667 bits per heavy atom. The number of benzene rings is 2. The fourth-order valence-corrected chi connectivity index (χ4v) is 2.35. The van der Waals surface area contributed by atoms with Gasteiger partial charge in [0.15, 0.2) is 18.2 Å². The van der Waals surface area contributed by atoms with Crippen LogP contribution >= 0.6 is 0 Å². The molecule has 0 unspecified atom stereocenters. The van der Waals surface area contributed by atoms with Gasteiger partial charge in [0.05, 0.1) is 0 Å². The van der Waals surface area contributed by atoms with Crippen LogP contribution in [0.15, 0.2) is 85.2 Å². The summed E-state index contributed by atoms with van der Waals surface area (Å²) in [5, 5.41) is 0. The Morgan fingerprint density at radius 2 is 1.12 bits per heavy atom. The molecule has 0 fully saturated rings. The van der Waals surface area contributed by atoms with Gasteiger partial charge in [-0.05, 0) is 0 Å². The highest BCUT2D eigenvalue weighted by atomic mass is 35.5. The molecule has 3 aromatic rings. The largest absolute Gasteiger partial charge is 1.00 e. The zero-order valence-corrected chi connectivity index (χ0v) is 13.7. The maximum atomic E-state index is 12.3. The maximum Gasteiger partial charge on any atom is 0.227 e. The van der Waals surface area contributed by atoms with Crippen molar-refractivity contribution >= 4 is 11.6 Å². The van der Waals surface area contributed by atoms with E-state index in [-0.39, 0.29) is 30.5 Å². The van der Waals surface area contributed by atoms with E-state index in [1.807, 2.05) is 36.4 Å². The van der Waals surface area contributed by atoms with Crippen LogP contribution in [0.4, 0.5) is 0 Å². The smallest absolute Gasteiger partial charge is 0.227 e. The molecule has 24 heavy (non-hydrogen) atoms. The molecule has 1 heterocycles. The van der Waals surface area contributed by atoms with Gasteiger partial charge in [-0.1, -0.05) is 60.7 Å². The standard InChI is InChI=1S/C20H16NO2.ClH/c22-19(16-7-3-1-4-8-16)15-21-13-11-18(12-14-21)20(23)17-9-5-2-6-10-17;/h1-14H,15H2;1H/q+1;/p-1. The maximum absolute atomic E-state index is 12.3. The number of Topliss-reactive ketones (excluding diaryl/α,β-unsaturated/α-hetero) is 1. The average molecular weight is 338 g/mol. The van der Waals surface area contributed by atoms with E-state index in [0.29, 0.717) is 16.7 Å². The first-order valence-corrected chi connectivity index (χ1v) is 7.41. The Morgan fingerprint density at radius 3 is 1.67 bits per heavy atom. The van der Waals surface area contributed by atoms with Gasteiger partial charge in [0.25, 0.3) is 0 Å². The molecular weight excluding hydrogens is 322 g/mol. The topological polar surface area (TPSA) is 38.0 Å². The zero-order valence-electron chi connectivity index (χ0n) is 12.9. The second-order valence-corrected chi connectivity index (χ2v) is 5.24. The van der Waals surface area contributed by atoms with Crippen molar-refractivity contribution in [1.29, 1.82) is 0 Å². The molecule has 0 amide bonds. The predicted molar refractivity (Wildman–Crippen MR) is 87.3 cm³/mol. The first-order valence-electron chi connectivity index (χ1n) is 7.41. The van der Waals surface area contributed by atoms with E-state index in [1.165, 1.54) is 0 Å². The molecule has 0 aliphatic carbocycles. The number of carbonyl (C=O) groups excluding carboxylic acids is 2. The second kappa shape index (κ2) is 8.18. The summed E-state index contributed by atoms with van der Waals surface area (Å²) in [6.45, 7) is 0.254. The van der Waals surface area contributed by atoms with Gasteiger partial charge in [0.1, 0.15) is 0 Å². The van der Waals surface area contributed by atoms with Gasteiger partial charge in [-0.3, -0.25) is 9.59 Å². The molecule has 0 atom stereocenters. The normalized spacial score (nSPS) is 9.83. The van der Waals surface area contributed by atoms with Crippen molar-refractivity contribution in [3.8, 4) is 0 Å². The highest BCUT2D eigenvalue weighted by Crippen LogP contribution is 2.08.